The van der Waals surface area contributed by atoms with Crippen molar-refractivity contribution in [1.29, 1.82) is 0 Å². The first-order chi connectivity index (χ1) is 5.49. The molecule has 0 aromatic carbocycles. The van der Waals surface area contributed by atoms with Crippen LogP contribution in [-0.2, 0) is 0 Å². The van der Waals surface area contributed by atoms with Crippen LogP contribution in [0.2, 0.25) is 0 Å². The highest BCUT2D eigenvalue weighted by molar-refractivity contribution is 4.77. The zero-order valence-electron chi connectivity index (χ0n) is 7.26. The van der Waals surface area contributed by atoms with Crippen molar-refractivity contribution in [2.75, 3.05) is 13.6 Å². The van der Waals surface area contributed by atoms with Crippen molar-refractivity contribution in [3.8, 4) is 0 Å². The third-order valence-corrected chi connectivity index (χ3v) is 2.36. The molecular formula is C8H15F2NO. The normalized spacial score (nSPS) is 24.8. The van der Waals surface area contributed by atoms with E-state index in [-0.39, 0.29) is 18.8 Å². The van der Waals surface area contributed by atoms with Crippen LogP contribution in [0.4, 0.5) is 8.78 Å². The molecule has 0 radical (unpaired) electrons. The van der Waals surface area contributed by atoms with Gasteiger partial charge in [0.2, 0.25) is 5.92 Å². The smallest absolute Gasteiger partial charge is 0.248 e. The largest absolute Gasteiger partial charge is 0.314 e. The van der Waals surface area contributed by atoms with Crippen molar-refractivity contribution in [1.82, 2.24) is 5.06 Å². The molecule has 0 saturated heterocycles. The summed E-state index contributed by atoms with van der Waals surface area (Å²) in [6.45, 7) is 0.510. The standard InChI is InChI=1S/C8H15F2NO/c1-11(12)6-7-2-4-8(9,10)5-3-7/h7,12H,2-6H2,1H3. The number of halogens is 2. The van der Waals surface area contributed by atoms with E-state index in [4.69, 9.17) is 5.21 Å². The van der Waals surface area contributed by atoms with Crippen LogP contribution in [0.1, 0.15) is 25.7 Å². The van der Waals surface area contributed by atoms with Crippen LogP contribution in [-0.4, -0.2) is 29.8 Å². The molecule has 0 atom stereocenters. The fourth-order valence-electron chi connectivity index (χ4n) is 1.66. The van der Waals surface area contributed by atoms with Gasteiger partial charge < -0.3 is 5.21 Å². The number of nitrogens with zero attached hydrogens (tertiary/aromatic N) is 1. The van der Waals surface area contributed by atoms with Crippen LogP contribution in [0.3, 0.4) is 0 Å². The Morgan fingerprint density at radius 1 is 1.42 bits per heavy atom. The Morgan fingerprint density at radius 2 is 1.92 bits per heavy atom. The van der Waals surface area contributed by atoms with Crippen molar-refractivity contribution < 1.29 is 14.0 Å². The summed E-state index contributed by atoms with van der Waals surface area (Å²) in [6, 6.07) is 0. The number of rotatable bonds is 2. The summed E-state index contributed by atoms with van der Waals surface area (Å²) in [5, 5.41) is 9.96. The molecule has 0 spiro atoms. The van der Waals surface area contributed by atoms with E-state index in [0.29, 0.717) is 19.4 Å². The first-order valence-corrected chi connectivity index (χ1v) is 4.27. The lowest BCUT2D eigenvalue weighted by atomic mass is 9.87. The molecule has 1 aliphatic carbocycles. The van der Waals surface area contributed by atoms with E-state index in [1.165, 1.54) is 0 Å². The van der Waals surface area contributed by atoms with Crippen molar-refractivity contribution in [3.63, 3.8) is 0 Å². The predicted octanol–water partition coefficient (Wildman–Crippen LogP) is 2.13. The van der Waals surface area contributed by atoms with E-state index in [2.05, 4.69) is 0 Å². The van der Waals surface area contributed by atoms with E-state index < -0.39 is 5.92 Å². The van der Waals surface area contributed by atoms with Gasteiger partial charge in [-0.2, -0.15) is 5.06 Å². The molecule has 0 aliphatic heterocycles. The molecule has 1 aliphatic rings. The van der Waals surface area contributed by atoms with Crippen LogP contribution in [0, 0.1) is 5.92 Å². The Kier molecular flexibility index (Phi) is 3.01. The summed E-state index contributed by atoms with van der Waals surface area (Å²) in [5.74, 6) is -2.22. The second kappa shape index (κ2) is 3.66. The van der Waals surface area contributed by atoms with Crippen molar-refractivity contribution in [3.05, 3.63) is 0 Å². The van der Waals surface area contributed by atoms with Crippen LogP contribution in [0.15, 0.2) is 0 Å². The molecule has 0 heterocycles. The molecule has 1 rings (SSSR count). The molecule has 0 bridgehead atoms. The Hall–Kier alpha value is -0.220. The van der Waals surface area contributed by atoms with Gasteiger partial charge in [-0.3, -0.25) is 0 Å². The molecule has 12 heavy (non-hydrogen) atoms. The minimum absolute atomic E-state index is 0.0223. The van der Waals surface area contributed by atoms with E-state index in [1.807, 2.05) is 0 Å². The van der Waals surface area contributed by atoms with Crippen LogP contribution < -0.4 is 0 Å². The first-order valence-electron chi connectivity index (χ1n) is 4.27. The minimum atomic E-state index is -2.45. The Labute approximate surface area is 71.1 Å². The fraction of sp³-hybridized carbons (Fsp3) is 1.00. The molecular weight excluding hydrogens is 164 g/mol. The molecule has 0 amide bonds. The van der Waals surface area contributed by atoms with Gasteiger partial charge in [-0.25, -0.2) is 8.78 Å². The summed E-state index contributed by atoms with van der Waals surface area (Å²) >= 11 is 0. The fourth-order valence-corrected chi connectivity index (χ4v) is 1.66. The van der Waals surface area contributed by atoms with Crippen LogP contribution >= 0.6 is 0 Å². The predicted molar refractivity (Wildman–Crippen MR) is 41.3 cm³/mol. The van der Waals surface area contributed by atoms with Gasteiger partial charge in [-0.05, 0) is 18.8 Å². The van der Waals surface area contributed by atoms with Gasteiger partial charge in [0.15, 0.2) is 0 Å². The lowest BCUT2D eigenvalue weighted by Gasteiger charge is -2.29. The molecule has 2 nitrogen and oxygen atoms in total. The monoisotopic (exact) mass is 179 g/mol. The van der Waals surface area contributed by atoms with Gasteiger partial charge >= 0.3 is 0 Å². The van der Waals surface area contributed by atoms with Crippen LogP contribution in [0.25, 0.3) is 0 Å². The van der Waals surface area contributed by atoms with Gasteiger partial charge in [0.25, 0.3) is 0 Å². The topological polar surface area (TPSA) is 23.5 Å². The number of alkyl halides is 2. The lowest BCUT2D eigenvalue weighted by Crippen LogP contribution is -2.30. The number of hydrogen-bond acceptors (Lipinski definition) is 2. The molecule has 0 aromatic heterocycles. The second-order valence-electron chi connectivity index (χ2n) is 3.64. The van der Waals surface area contributed by atoms with Gasteiger partial charge in [0.1, 0.15) is 0 Å². The summed E-state index contributed by atoms with van der Waals surface area (Å²) in [4.78, 5) is 0. The van der Waals surface area contributed by atoms with Gasteiger partial charge in [-0.1, -0.05) is 0 Å². The summed E-state index contributed by atoms with van der Waals surface area (Å²) in [6.07, 6.45) is 1.01. The van der Waals surface area contributed by atoms with E-state index in [9.17, 15) is 8.78 Å². The van der Waals surface area contributed by atoms with Crippen molar-refractivity contribution in [2.45, 2.75) is 31.6 Å². The third-order valence-electron chi connectivity index (χ3n) is 2.36. The third kappa shape index (κ3) is 3.03. The van der Waals surface area contributed by atoms with E-state index in [0.717, 1.165) is 5.06 Å². The second-order valence-corrected chi connectivity index (χ2v) is 3.64. The number of hydrogen-bond donors (Lipinski definition) is 1. The van der Waals surface area contributed by atoms with E-state index >= 15 is 0 Å². The highest BCUT2D eigenvalue weighted by atomic mass is 19.3. The maximum Gasteiger partial charge on any atom is 0.248 e. The first kappa shape index (κ1) is 9.86. The van der Waals surface area contributed by atoms with Gasteiger partial charge in [0.05, 0.1) is 0 Å². The molecule has 1 saturated carbocycles. The summed E-state index contributed by atoms with van der Waals surface area (Å²) in [7, 11) is 1.55. The minimum Gasteiger partial charge on any atom is -0.314 e. The van der Waals surface area contributed by atoms with Crippen LogP contribution in [0.5, 0.6) is 0 Å². The zero-order chi connectivity index (χ0) is 9.19. The SMILES string of the molecule is CN(O)CC1CCC(F)(F)CC1. The maximum atomic E-state index is 12.6. The quantitative estimate of drug-likeness (QED) is 0.656. The zero-order valence-corrected chi connectivity index (χ0v) is 7.26. The number of hydroxylamine groups is 2. The summed E-state index contributed by atoms with van der Waals surface area (Å²) < 4.78 is 25.3. The molecule has 4 heteroatoms. The van der Waals surface area contributed by atoms with Crippen molar-refractivity contribution in [2.24, 2.45) is 5.92 Å². The Bertz CT molecular complexity index is 140. The highest BCUT2D eigenvalue weighted by Gasteiger charge is 2.34. The van der Waals surface area contributed by atoms with Crippen molar-refractivity contribution >= 4 is 0 Å². The average molecular weight is 179 g/mol. The van der Waals surface area contributed by atoms with Gasteiger partial charge in [-0.15, -0.1) is 0 Å². The molecule has 0 unspecified atom stereocenters. The Morgan fingerprint density at radius 3 is 2.33 bits per heavy atom. The summed E-state index contributed by atoms with van der Waals surface area (Å²) in [5.41, 5.74) is 0. The average Bonchev–Trinajstić information content (AvgIpc) is 1.93. The molecule has 72 valence electrons. The molecule has 0 aromatic rings. The lowest BCUT2D eigenvalue weighted by molar-refractivity contribution is -0.0966. The Balaban J connectivity index is 2.27. The maximum absolute atomic E-state index is 12.6. The van der Waals surface area contributed by atoms with E-state index in [1.54, 1.807) is 7.05 Å². The van der Waals surface area contributed by atoms with Gasteiger partial charge in [0, 0.05) is 26.4 Å². The highest BCUT2D eigenvalue weighted by Crippen LogP contribution is 2.36. The molecule has 1 N–H and O–H groups in total. The molecule has 1 fully saturated rings.